The van der Waals surface area contributed by atoms with Crippen LogP contribution in [0.1, 0.15) is 65.1 Å². The van der Waals surface area contributed by atoms with E-state index in [1.54, 1.807) is 36.2 Å². The fourth-order valence-electron chi connectivity index (χ4n) is 3.68. The van der Waals surface area contributed by atoms with Crippen molar-refractivity contribution in [1.29, 1.82) is 0 Å². The summed E-state index contributed by atoms with van der Waals surface area (Å²) in [7, 11) is 1.76. The first-order valence-electron chi connectivity index (χ1n) is 9.09. The maximum atomic E-state index is 12.8. The van der Waals surface area contributed by atoms with E-state index in [2.05, 4.69) is 31.3 Å². The minimum Gasteiger partial charge on any atom is -0.345 e. The highest BCUT2D eigenvalue weighted by molar-refractivity contribution is 5.99. The molecule has 0 saturated heterocycles. The molecule has 2 amide bonds. The van der Waals surface area contributed by atoms with Gasteiger partial charge in [-0.25, -0.2) is 0 Å². The Morgan fingerprint density at radius 1 is 1.12 bits per heavy atom. The second-order valence-electron chi connectivity index (χ2n) is 7.60. The van der Waals surface area contributed by atoms with Crippen molar-refractivity contribution in [3.8, 4) is 0 Å². The smallest absolute Gasteiger partial charge is 0.253 e. The Morgan fingerprint density at radius 3 is 2.54 bits per heavy atom. The van der Waals surface area contributed by atoms with Gasteiger partial charge in [-0.15, -0.1) is 0 Å². The summed E-state index contributed by atoms with van der Waals surface area (Å²) in [4.78, 5) is 26.8. The molecule has 0 aromatic heterocycles. The van der Waals surface area contributed by atoms with Crippen LogP contribution in [0.15, 0.2) is 48.5 Å². The Balaban J connectivity index is 1.81. The SMILES string of the molecule is CCN(C)C(=O)c1cccc(C(=O)NC2CC(C)(C)c3ccccc32)c1. The van der Waals surface area contributed by atoms with Crippen molar-refractivity contribution in [1.82, 2.24) is 10.2 Å². The molecule has 4 nitrogen and oxygen atoms in total. The molecule has 0 saturated carbocycles. The van der Waals surface area contributed by atoms with Gasteiger partial charge in [0.1, 0.15) is 0 Å². The predicted molar refractivity (Wildman–Crippen MR) is 103 cm³/mol. The number of carbonyl (C=O) groups is 2. The molecule has 1 unspecified atom stereocenters. The number of hydrogen-bond donors (Lipinski definition) is 1. The molecule has 2 aromatic rings. The van der Waals surface area contributed by atoms with Gasteiger partial charge >= 0.3 is 0 Å². The summed E-state index contributed by atoms with van der Waals surface area (Å²) < 4.78 is 0. The van der Waals surface area contributed by atoms with Crippen molar-refractivity contribution >= 4 is 11.8 Å². The number of benzene rings is 2. The van der Waals surface area contributed by atoms with Crippen molar-refractivity contribution in [2.45, 2.75) is 38.6 Å². The first-order chi connectivity index (χ1) is 12.3. The lowest BCUT2D eigenvalue weighted by atomic mass is 9.86. The Labute approximate surface area is 155 Å². The van der Waals surface area contributed by atoms with Crippen LogP contribution in [0.3, 0.4) is 0 Å². The second-order valence-corrected chi connectivity index (χ2v) is 7.60. The molecule has 1 aliphatic rings. The van der Waals surface area contributed by atoms with Gasteiger partial charge in [-0.1, -0.05) is 44.2 Å². The number of carbonyl (C=O) groups excluding carboxylic acids is 2. The van der Waals surface area contributed by atoms with Gasteiger partial charge in [-0.05, 0) is 48.1 Å². The number of fused-ring (bicyclic) bond motifs is 1. The molecule has 0 fully saturated rings. The number of nitrogens with zero attached hydrogens (tertiary/aromatic N) is 1. The summed E-state index contributed by atoms with van der Waals surface area (Å²) in [6.07, 6.45) is 0.870. The molecule has 26 heavy (non-hydrogen) atoms. The molecular formula is C22H26N2O2. The fraction of sp³-hybridized carbons (Fsp3) is 0.364. The highest BCUT2D eigenvalue weighted by atomic mass is 16.2. The second kappa shape index (κ2) is 6.94. The molecule has 1 atom stereocenters. The maximum Gasteiger partial charge on any atom is 0.253 e. The van der Waals surface area contributed by atoms with E-state index < -0.39 is 0 Å². The standard InChI is InChI=1S/C22H26N2O2/c1-5-24(4)21(26)16-10-8-9-15(13-16)20(25)23-19-14-22(2,3)18-12-7-6-11-17(18)19/h6-13,19H,5,14H2,1-4H3,(H,23,25). The van der Waals surface area contributed by atoms with E-state index in [0.29, 0.717) is 17.7 Å². The van der Waals surface area contributed by atoms with E-state index in [0.717, 1.165) is 6.42 Å². The predicted octanol–water partition coefficient (Wildman–Crippen LogP) is 3.93. The van der Waals surface area contributed by atoms with E-state index in [1.165, 1.54) is 11.1 Å². The fourth-order valence-corrected chi connectivity index (χ4v) is 3.68. The lowest BCUT2D eigenvalue weighted by molar-refractivity contribution is 0.0802. The Morgan fingerprint density at radius 2 is 1.81 bits per heavy atom. The van der Waals surface area contributed by atoms with Crippen LogP contribution in [0.25, 0.3) is 0 Å². The van der Waals surface area contributed by atoms with Gasteiger partial charge in [0.15, 0.2) is 0 Å². The van der Waals surface area contributed by atoms with E-state index in [4.69, 9.17) is 0 Å². The van der Waals surface area contributed by atoms with Gasteiger partial charge in [-0.2, -0.15) is 0 Å². The van der Waals surface area contributed by atoms with Crippen LogP contribution in [-0.2, 0) is 5.41 Å². The topological polar surface area (TPSA) is 49.4 Å². The van der Waals surface area contributed by atoms with Crippen LogP contribution in [0, 0.1) is 0 Å². The molecule has 0 bridgehead atoms. The Bertz CT molecular complexity index is 842. The van der Waals surface area contributed by atoms with E-state index >= 15 is 0 Å². The Kier molecular flexibility index (Phi) is 4.86. The van der Waals surface area contributed by atoms with Crippen LogP contribution in [0.2, 0.25) is 0 Å². The summed E-state index contributed by atoms with van der Waals surface area (Å²) in [5.74, 6) is -0.217. The zero-order valence-electron chi connectivity index (χ0n) is 15.9. The first kappa shape index (κ1) is 18.2. The minimum atomic E-state index is -0.142. The number of rotatable bonds is 4. The summed E-state index contributed by atoms with van der Waals surface area (Å²) in [5, 5.41) is 3.15. The molecule has 0 spiro atoms. The summed E-state index contributed by atoms with van der Waals surface area (Å²) in [6, 6.07) is 15.2. The average molecular weight is 350 g/mol. The van der Waals surface area contributed by atoms with Gasteiger partial charge in [0.05, 0.1) is 6.04 Å². The van der Waals surface area contributed by atoms with Crippen LogP contribution in [0.4, 0.5) is 0 Å². The molecule has 4 heteroatoms. The van der Waals surface area contributed by atoms with Gasteiger partial charge in [0.2, 0.25) is 0 Å². The maximum absolute atomic E-state index is 12.8. The molecule has 136 valence electrons. The molecule has 2 aromatic carbocycles. The number of hydrogen-bond acceptors (Lipinski definition) is 2. The van der Waals surface area contributed by atoms with Crippen LogP contribution < -0.4 is 5.32 Å². The zero-order chi connectivity index (χ0) is 18.9. The van der Waals surface area contributed by atoms with Gasteiger partial charge in [0, 0.05) is 24.7 Å². The normalized spacial score (nSPS) is 17.5. The van der Waals surface area contributed by atoms with Crippen molar-refractivity contribution in [3.63, 3.8) is 0 Å². The van der Waals surface area contributed by atoms with Crippen molar-refractivity contribution < 1.29 is 9.59 Å². The third-order valence-corrected chi connectivity index (χ3v) is 5.28. The lowest BCUT2D eigenvalue weighted by Gasteiger charge is -2.19. The van der Waals surface area contributed by atoms with E-state index in [1.807, 2.05) is 19.1 Å². The van der Waals surface area contributed by atoms with Crippen molar-refractivity contribution in [2.24, 2.45) is 0 Å². The molecule has 3 rings (SSSR count). The molecule has 1 N–H and O–H groups in total. The minimum absolute atomic E-state index is 0.00799. The van der Waals surface area contributed by atoms with Crippen LogP contribution in [-0.4, -0.2) is 30.3 Å². The van der Waals surface area contributed by atoms with Gasteiger partial charge in [-0.3, -0.25) is 9.59 Å². The van der Waals surface area contributed by atoms with Crippen molar-refractivity contribution in [2.75, 3.05) is 13.6 Å². The number of nitrogens with one attached hydrogen (secondary N) is 1. The summed E-state index contributed by atoms with van der Waals surface area (Å²) in [6.45, 7) is 6.96. The van der Waals surface area contributed by atoms with Crippen LogP contribution >= 0.6 is 0 Å². The first-order valence-corrected chi connectivity index (χ1v) is 9.09. The largest absolute Gasteiger partial charge is 0.345 e. The molecule has 1 aliphatic carbocycles. The molecule has 0 heterocycles. The van der Waals surface area contributed by atoms with Crippen molar-refractivity contribution in [3.05, 3.63) is 70.8 Å². The zero-order valence-corrected chi connectivity index (χ0v) is 15.9. The molecule has 0 radical (unpaired) electrons. The van der Waals surface area contributed by atoms with Crippen LogP contribution in [0.5, 0.6) is 0 Å². The summed E-state index contributed by atoms with van der Waals surface area (Å²) in [5.41, 5.74) is 3.57. The third-order valence-electron chi connectivity index (χ3n) is 5.28. The number of amides is 2. The van der Waals surface area contributed by atoms with Gasteiger partial charge in [0.25, 0.3) is 11.8 Å². The molecule has 0 aliphatic heterocycles. The lowest BCUT2D eigenvalue weighted by Crippen LogP contribution is -2.29. The summed E-state index contributed by atoms with van der Waals surface area (Å²) >= 11 is 0. The monoisotopic (exact) mass is 350 g/mol. The highest BCUT2D eigenvalue weighted by Crippen LogP contribution is 2.44. The van der Waals surface area contributed by atoms with Gasteiger partial charge < -0.3 is 10.2 Å². The quantitative estimate of drug-likeness (QED) is 0.908. The Hall–Kier alpha value is -2.62. The average Bonchev–Trinajstić information content (AvgIpc) is 2.91. The highest BCUT2D eigenvalue weighted by Gasteiger charge is 2.37. The van der Waals surface area contributed by atoms with E-state index in [-0.39, 0.29) is 23.3 Å². The molecular weight excluding hydrogens is 324 g/mol. The van der Waals surface area contributed by atoms with E-state index in [9.17, 15) is 9.59 Å². The third kappa shape index (κ3) is 3.36.